The first-order valence-electron chi connectivity index (χ1n) is 10.7. The van der Waals surface area contributed by atoms with E-state index in [1.807, 2.05) is 43.2 Å². The fourth-order valence-electron chi connectivity index (χ4n) is 3.93. The third-order valence-electron chi connectivity index (χ3n) is 5.66. The molecule has 0 atom stereocenters. The van der Waals surface area contributed by atoms with Crippen molar-refractivity contribution in [3.63, 3.8) is 0 Å². The minimum atomic E-state index is -3.83. The molecule has 1 aliphatic heterocycles. The van der Waals surface area contributed by atoms with E-state index in [4.69, 9.17) is 0 Å². The van der Waals surface area contributed by atoms with E-state index in [0.717, 1.165) is 49.2 Å². The SMILES string of the molecule is Cc1ccc(NS(=O)(=O)c2cc(-c3nc(C)cs3)n(CC(=O)N3CCCCC3)c2)c(C)c1. The van der Waals surface area contributed by atoms with Gasteiger partial charge in [-0.3, -0.25) is 9.52 Å². The topological polar surface area (TPSA) is 84.3 Å². The van der Waals surface area contributed by atoms with Crippen molar-refractivity contribution in [3.8, 4) is 10.7 Å². The van der Waals surface area contributed by atoms with Crippen LogP contribution in [0.1, 0.15) is 36.1 Å². The number of nitrogens with one attached hydrogen (secondary N) is 1. The predicted molar refractivity (Wildman–Crippen MR) is 127 cm³/mol. The number of hydrogen-bond donors (Lipinski definition) is 1. The van der Waals surface area contributed by atoms with Gasteiger partial charge in [0.1, 0.15) is 16.4 Å². The highest BCUT2D eigenvalue weighted by Crippen LogP contribution is 2.29. The van der Waals surface area contributed by atoms with Crippen LogP contribution in [0.5, 0.6) is 0 Å². The summed E-state index contributed by atoms with van der Waals surface area (Å²) in [6.45, 7) is 7.33. The lowest BCUT2D eigenvalue weighted by Crippen LogP contribution is -2.37. The van der Waals surface area contributed by atoms with Crippen molar-refractivity contribution in [3.05, 3.63) is 52.7 Å². The molecule has 9 heteroatoms. The number of aromatic nitrogens is 2. The molecule has 7 nitrogen and oxygen atoms in total. The molecule has 1 aliphatic rings. The smallest absolute Gasteiger partial charge is 0.263 e. The van der Waals surface area contributed by atoms with E-state index in [2.05, 4.69) is 9.71 Å². The van der Waals surface area contributed by atoms with Gasteiger partial charge in [0.15, 0.2) is 0 Å². The highest BCUT2D eigenvalue weighted by Gasteiger charge is 2.24. The molecule has 3 heterocycles. The van der Waals surface area contributed by atoms with Crippen LogP contribution in [0.25, 0.3) is 10.7 Å². The molecule has 0 spiro atoms. The van der Waals surface area contributed by atoms with Gasteiger partial charge in [0, 0.05) is 30.4 Å². The Bertz CT molecular complexity index is 1240. The van der Waals surface area contributed by atoms with Gasteiger partial charge in [0.25, 0.3) is 10.0 Å². The molecule has 0 saturated carbocycles. The Morgan fingerprint density at radius 2 is 1.88 bits per heavy atom. The van der Waals surface area contributed by atoms with Crippen molar-refractivity contribution in [2.75, 3.05) is 17.8 Å². The summed E-state index contributed by atoms with van der Waals surface area (Å²) in [6, 6.07) is 7.18. The van der Waals surface area contributed by atoms with E-state index in [0.29, 0.717) is 16.4 Å². The van der Waals surface area contributed by atoms with Crippen LogP contribution >= 0.6 is 11.3 Å². The van der Waals surface area contributed by atoms with E-state index < -0.39 is 10.0 Å². The van der Waals surface area contributed by atoms with Gasteiger partial charge in [-0.25, -0.2) is 13.4 Å². The number of carbonyl (C=O) groups excluding carboxylic acids is 1. The van der Waals surface area contributed by atoms with Crippen molar-refractivity contribution < 1.29 is 13.2 Å². The summed E-state index contributed by atoms with van der Waals surface area (Å²) in [5.74, 6) is 0.00103. The fraction of sp³-hybridized carbons (Fsp3) is 0.391. The standard InChI is InChI=1S/C23H28N4O3S2/c1-16-7-8-20(17(2)11-16)25-32(29,30)19-12-21(23-24-18(3)15-31-23)27(13-19)14-22(28)26-9-5-4-6-10-26/h7-8,11-13,15,25H,4-6,9-10,14H2,1-3H3. The number of benzene rings is 1. The van der Waals surface area contributed by atoms with Gasteiger partial charge in [-0.2, -0.15) is 0 Å². The fourth-order valence-corrected chi connectivity index (χ4v) is 5.93. The Labute approximate surface area is 193 Å². The number of nitrogens with zero attached hydrogens (tertiary/aromatic N) is 3. The largest absolute Gasteiger partial charge is 0.341 e. The monoisotopic (exact) mass is 472 g/mol. The van der Waals surface area contributed by atoms with Gasteiger partial charge >= 0.3 is 0 Å². The van der Waals surface area contributed by atoms with Gasteiger partial charge in [0.05, 0.1) is 11.4 Å². The highest BCUT2D eigenvalue weighted by molar-refractivity contribution is 7.92. The van der Waals surface area contributed by atoms with Crippen LogP contribution in [0.15, 0.2) is 40.7 Å². The van der Waals surface area contributed by atoms with E-state index >= 15 is 0 Å². The number of thiazole rings is 1. The molecule has 1 fully saturated rings. The molecule has 32 heavy (non-hydrogen) atoms. The normalized spacial score (nSPS) is 14.5. The maximum atomic E-state index is 13.2. The number of aryl methyl sites for hydroxylation is 3. The average molecular weight is 473 g/mol. The van der Waals surface area contributed by atoms with Crippen LogP contribution in [0.3, 0.4) is 0 Å². The Morgan fingerprint density at radius 1 is 1.12 bits per heavy atom. The van der Waals surface area contributed by atoms with E-state index in [1.165, 1.54) is 11.3 Å². The molecule has 2 aromatic heterocycles. The molecule has 1 aromatic carbocycles. The number of sulfonamides is 1. The van der Waals surface area contributed by atoms with Gasteiger partial charge in [-0.1, -0.05) is 17.7 Å². The lowest BCUT2D eigenvalue weighted by molar-refractivity contribution is -0.132. The van der Waals surface area contributed by atoms with Gasteiger partial charge in [-0.05, 0) is 57.7 Å². The average Bonchev–Trinajstić information content (AvgIpc) is 3.37. The summed E-state index contributed by atoms with van der Waals surface area (Å²) in [5, 5.41) is 2.61. The van der Waals surface area contributed by atoms with Crippen LogP contribution in [0, 0.1) is 20.8 Å². The maximum Gasteiger partial charge on any atom is 0.263 e. The second-order valence-electron chi connectivity index (χ2n) is 8.35. The quantitative estimate of drug-likeness (QED) is 0.578. The van der Waals surface area contributed by atoms with Crippen molar-refractivity contribution in [2.24, 2.45) is 0 Å². The Hall–Kier alpha value is -2.65. The van der Waals surface area contributed by atoms with Gasteiger partial charge in [-0.15, -0.1) is 11.3 Å². The summed E-state index contributed by atoms with van der Waals surface area (Å²) in [7, 11) is -3.83. The molecule has 4 rings (SSSR count). The van der Waals surface area contributed by atoms with Crippen molar-refractivity contribution in [1.29, 1.82) is 0 Å². The first-order chi connectivity index (χ1) is 15.2. The number of piperidine rings is 1. The summed E-state index contributed by atoms with van der Waals surface area (Å²) >= 11 is 1.44. The first kappa shape index (κ1) is 22.5. The number of likely N-dealkylation sites (tertiary alicyclic amines) is 1. The number of amides is 1. The summed E-state index contributed by atoms with van der Waals surface area (Å²) < 4.78 is 30.8. The minimum Gasteiger partial charge on any atom is -0.341 e. The second-order valence-corrected chi connectivity index (χ2v) is 10.9. The number of anilines is 1. The summed E-state index contributed by atoms with van der Waals surface area (Å²) in [5.41, 5.74) is 3.95. The van der Waals surface area contributed by atoms with Crippen LogP contribution in [-0.2, 0) is 21.4 Å². The number of rotatable bonds is 6. The van der Waals surface area contributed by atoms with Crippen molar-refractivity contribution in [1.82, 2.24) is 14.5 Å². The lowest BCUT2D eigenvalue weighted by atomic mass is 10.1. The Morgan fingerprint density at radius 3 is 2.53 bits per heavy atom. The van der Waals surface area contributed by atoms with Crippen LogP contribution in [0.4, 0.5) is 5.69 Å². The maximum absolute atomic E-state index is 13.2. The Balaban J connectivity index is 1.67. The molecule has 0 bridgehead atoms. The Kier molecular flexibility index (Phi) is 6.39. The van der Waals surface area contributed by atoms with Crippen LogP contribution in [0.2, 0.25) is 0 Å². The zero-order chi connectivity index (χ0) is 22.9. The number of carbonyl (C=O) groups is 1. The van der Waals surface area contributed by atoms with Crippen LogP contribution in [-0.4, -0.2) is 41.9 Å². The van der Waals surface area contributed by atoms with Gasteiger partial charge < -0.3 is 9.47 Å². The van der Waals surface area contributed by atoms with E-state index in [1.54, 1.807) is 22.9 Å². The van der Waals surface area contributed by atoms with Gasteiger partial charge in [0.2, 0.25) is 5.91 Å². The molecule has 0 radical (unpaired) electrons. The second kappa shape index (κ2) is 9.07. The first-order valence-corrected chi connectivity index (χ1v) is 13.1. The molecule has 0 unspecified atom stereocenters. The summed E-state index contributed by atoms with van der Waals surface area (Å²) in [4.78, 5) is 19.4. The summed E-state index contributed by atoms with van der Waals surface area (Å²) in [6.07, 6.45) is 4.70. The third kappa shape index (κ3) is 4.88. The molecule has 1 saturated heterocycles. The van der Waals surface area contributed by atoms with E-state index in [9.17, 15) is 13.2 Å². The predicted octanol–water partition coefficient (Wildman–Crippen LogP) is 4.35. The molecular formula is C23H28N4O3S2. The molecule has 0 aliphatic carbocycles. The van der Waals surface area contributed by atoms with Crippen molar-refractivity contribution >= 4 is 33.0 Å². The zero-order valence-electron chi connectivity index (χ0n) is 18.6. The molecule has 170 valence electrons. The van der Waals surface area contributed by atoms with E-state index in [-0.39, 0.29) is 17.3 Å². The third-order valence-corrected chi connectivity index (χ3v) is 7.98. The molecule has 3 aromatic rings. The van der Waals surface area contributed by atoms with Crippen LogP contribution < -0.4 is 4.72 Å². The molecule has 1 amide bonds. The highest BCUT2D eigenvalue weighted by atomic mass is 32.2. The molecular weight excluding hydrogens is 444 g/mol. The minimum absolute atomic E-state index is 0.00103. The zero-order valence-corrected chi connectivity index (χ0v) is 20.2. The lowest BCUT2D eigenvalue weighted by Gasteiger charge is -2.27. The molecule has 1 N–H and O–H groups in total. The number of hydrogen-bond acceptors (Lipinski definition) is 5. The van der Waals surface area contributed by atoms with Crippen molar-refractivity contribution in [2.45, 2.75) is 51.5 Å².